The van der Waals surface area contributed by atoms with Crippen LogP contribution in [0.5, 0.6) is 0 Å². The lowest BCUT2D eigenvalue weighted by molar-refractivity contribution is -0.117. The van der Waals surface area contributed by atoms with Gasteiger partial charge in [-0.3, -0.25) is 9.59 Å². The quantitative estimate of drug-likeness (QED) is 0.377. The second-order valence-corrected chi connectivity index (χ2v) is 16.2. The summed E-state index contributed by atoms with van der Waals surface area (Å²) in [6.07, 6.45) is 1.14. The standard InChI is InChI=1S/C27H40FN5O3Si/c1-16-18(3)33(19(4)34)23-11-10-20(25(35)29-12-13-36-37(8,9)27(5,6)7)14-21(23)24(16)32-26-30-15-22(28)17(2)31-26/h10-11,14-16,18,24H,12-13H2,1-9H3,(H,29,35)(H,30,31,32). The Bertz CT molecular complexity index is 1170. The first-order valence-electron chi connectivity index (χ1n) is 12.8. The summed E-state index contributed by atoms with van der Waals surface area (Å²) in [5, 5.41) is 6.37. The number of fused-ring (bicyclic) bond motifs is 1. The molecule has 37 heavy (non-hydrogen) atoms. The van der Waals surface area contributed by atoms with Gasteiger partial charge in [0.25, 0.3) is 5.91 Å². The molecule has 0 aliphatic carbocycles. The monoisotopic (exact) mass is 529 g/mol. The van der Waals surface area contributed by atoms with Crippen molar-refractivity contribution in [2.45, 2.75) is 78.7 Å². The van der Waals surface area contributed by atoms with Gasteiger partial charge in [0.2, 0.25) is 11.9 Å². The van der Waals surface area contributed by atoms with E-state index >= 15 is 0 Å². The highest BCUT2D eigenvalue weighted by atomic mass is 28.4. The van der Waals surface area contributed by atoms with E-state index in [1.165, 1.54) is 6.92 Å². The summed E-state index contributed by atoms with van der Waals surface area (Å²) in [6, 6.07) is 4.95. The fraction of sp³-hybridized carbons (Fsp3) is 0.556. The van der Waals surface area contributed by atoms with Crippen LogP contribution >= 0.6 is 0 Å². The van der Waals surface area contributed by atoms with E-state index < -0.39 is 14.1 Å². The predicted molar refractivity (Wildman–Crippen MR) is 147 cm³/mol. The fourth-order valence-electron chi connectivity index (χ4n) is 4.30. The lowest BCUT2D eigenvalue weighted by Crippen LogP contribution is -2.48. The Hall–Kier alpha value is -2.85. The molecule has 0 saturated heterocycles. The molecule has 1 aliphatic rings. The van der Waals surface area contributed by atoms with Gasteiger partial charge in [0.15, 0.2) is 14.1 Å². The summed E-state index contributed by atoms with van der Waals surface area (Å²) in [4.78, 5) is 35.7. The summed E-state index contributed by atoms with van der Waals surface area (Å²) < 4.78 is 19.9. The van der Waals surface area contributed by atoms with Crippen LogP contribution in [0.25, 0.3) is 0 Å². The van der Waals surface area contributed by atoms with Gasteiger partial charge < -0.3 is 20.0 Å². The Morgan fingerprint density at radius 2 is 1.89 bits per heavy atom. The van der Waals surface area contributed by atoms with E-state index in [9.17, 15) is 14.0 Å². The molecule has 1 aromatic carbocycles. The van der Waals surface area contributed by atoms with Crippen molar-refractivity contribution in [3.8, 4) is 0 Å². The number of nitrogens with one attached hydrogen (secondary N) is 2. The molecule has 0 radical (unpaired) electrons. The highest BCUT2D eigenvalue weighted by Gasteiger charge is 2.39. The van der Waals surface area contributed by atoms with Crippen LogP contribution < -0.4 is 15.5 Å². The van der Waals surface area contributed by atoms with Crippen molar-refractivity contribution in [1.29, 1.82) is 0 Å². The minimum atomic E-state index is -1.89. The first kappa shape index (κ1) is 28.7. The van der Waals surface area contributed by atoms with Crippen LogP contribution in [0.3, 0.4) is 0 Å². The van der Waals surface area contributed by atoms with E-state index in [4.69, 9.17) is 4.43 Å². The molecule has 3 unspecified atom stereocenters. The lowest BCUT2D eigenvalue weighted by atomic mass is 9.82. The molecule has 2 N–H and O–H groups in total. The molecular formula is C27H40FN5O3Si. The van der Waals surface area contributed by atoms with Crippen LogP contribution in [0.1, 0.15) is 69.2 Å². The van der Waals surface area contributed by atoms with Crippen LogP contribution in [0.2, 0.25) is 18.1 Å². The number of carbonyl (C=O) groups is 2. The van der Waals surface area contributed by atoms with Crippen LogP contribution in [-0.2, 0) is 9.22 Å². The van der Waals surface area contributed by atoms with E-state index in [1.54, 1.807) is 17.9 Å². The summed E-state index contributed by atoms with van der Waals surface area (Å²) in [5.74, 6) is -0.512. The number of aromatic nitrogens is 2. The number of nitrogens with zero attached hydrogens (tertiary/aromatic N) is 3. The number of carbonyl (C=O) groups excluding carboxylic acids is 2. The van der Waals surface area contributed by atoms with Gasteiger partial charge in [-0.1, -0.05) is 27.7 Å². The summed E-state index contributed by atoms with van der Waals surface area (Å²) in [5.41, 5.74) is 2.25. The minimum absolute atomic E-state index is 0.0401. The van der Waals surface area contributed by atoms with Gasteiger partial charge in [0, 0.05) is 36.7 Å². The molecule has 3 atom stereocenters. The predicted octanol–water partition coefficient (Wildman–Crippen LogP) is 5.22. The van der Waals surface area contributed by atoms with Crippen molar-refractivity contribution in [3.05, 3.63) is 47.0 Å². The van der Waals surface area contributed by atoms with Crippen molar-refractivity contribution < 1.29 is 18.4 Å². The molecule has 0 fully saturated rings. The lowest BCUT2D eigenvalue weighted by Gasteiger charge is -2.44. The van der Waals surface area contributed by atoms with E-state index in [1.807, 2.05) is 26.0 Å². The minimum Gasteiger partial charge on any atom is -0.415 e. The summed E-state index contributed by atoms with van der Waals surface area (Å²) >= 11 is 0. The largest absolute Gasteiger partial charge is 0.415 e. The van der Waals surface area contributed by atoms with Crippen LogP contribution in [-0.4, -0.2) is 49.3 Å². The summed E-state index contributed by atoms with van der Waals surface area (Å²) in [6.45, 7) is 18.9. The topological polar surface area (TPSA) is 96.5 Å². The first-order valence-corrected chi connectivity index (χ1v) is 15.7. The van der Waals surface area contributed by atoms with Gasteiger partial charge in [-0.2, -0.15) is 0 Å². The molecule has 2 heterocycles. The van der Waals surface area contributed by atoms with Gasteiger partial charge in [-0.25, -0.2) is 14.4 Å². The normalized spacial score (nSPS) is 19.8. The molecule has 1 aromatic heterocycles. The van der Waals surface area contributed by atoms with Crippen LogP contribution in [0, 0.1) is 18.7 Å². The Labute approximate surface area is 220 Å². The molecule has 2 aromatic rings. The average molecular weight is 530 g/mol. The van der Waals surface area contributed by atoms with Crippen LogP contribution in [0.4, 0.5) is 16.0 Å². The highest BCUT2D eigenvalue weighted by Crippen LogP contribution is 2.42. The third-order valence-electron chi connectivity index (χ3n) is 7.78. The average Bonchev–Trinajstić information content (AvgIpc) is 2.80. The maximum Gasteiger partial charge on any atom is 0.251 e. The number of anilines is 2. The van der Waals surface area contributed by atoms with Gasteiger partial charge >= 0.3 is 0 Å². The molecular weight excluding hydrogens is 489 g/mol. The van der Waals surface area contributed by atoms with Crippen molar-refractivity contribution in [2.75, 3.05) is 23.4 Å². The van der Waals surface area contributed by atoms with Crippen molar-refractivity contribution in [1.82, 2.24) is 15.3 Å². The van der Waals surface area contributed by atoms with E-state index in [0.29, 0.717) is 24.7 Å². The van der Waals surface area contributed by atoms with Gasteiger partial charge in [0.05, 0.1) is 24.5 Å². The molecule has 3 rings (SSSR count). The zero-order chi connectivity index (χ0) is 27.7. The Morgan fingerprint density at radius 1 is 1.22 bits per heavy atom. The van der Waals surface area contributed by atoms with Crippen molar-refractivity contribution in [3.63, 3.8) is 0 Å². The molecule has 10 heteroatoms. The second-order valence-electron chi connectivity index (χ2n) is 11.4. The Morgan fingerprint density at radius 3 is 2.49 bits per heavy atom. The number of halogens is 1. The number of amides is 2. The molecule has 8 nitrogen and oxygen atoms in total. The molecule has 0 spiro atoms. The Balaban J connectivity index is 1.85. The van der Waals surface area contributed by atoms with E-state index in [0.717, 1.165) is 17.4 Å². The SMILES string of the molecule is CC(=O)N1c2ccc(C(=O)NCCO[Si](C)(C)C(C)(C)C)cc2C(Nc2ncc(F)c(C)n2)C(C)C1C. The van der Waals surface area contributed by atoms with Crippen molar-refractivity contribution >= 4 is 31.8 Å². The van der Waals surface area contributed by atoms with E-state index in [2.05, 4.69) is 54.5 Å². The van der Waals surface area contributed by atoms with Gasteiger partial charge in [0.1, 0.15) is 0 Å². The molecule has 1 aliphatic heterocycles. The van der Waals surface area contributed by atoms with Gasteiger partial charge in [-0.15, -0.1) is 0 Å². The number of benzene rings is 1. The van der Waals surface area contributed by atoms with Crippen molar-refractivity contribution in [2.24, 2.45) is 5.92 Å². The maximum atomic E-state index is 13.7. The van der Waals surface area contributed by atoms with Gasteiger partial charge in [-0.05, 0) is 55.7 Å². The first-order chi connectivity index (χ1) is 17.1. The smallest absolute Gasteiger partial charge is 0.251 e. The molecule has 2 amide bonds. The Kier molecular flexibility index (Phi) is 8.43. The van der Waals surface area contributed by atoms with Crippen LogP contribution in [0.15, 0.2) is 24.4 Å². The second kappa shape index (κ2) is 10.9. The number of hydrogen-bond acceptors (Lipinski definition) is 6. The molecule has 202 valence electrons. The number of rotatable bonds is 7. The zero-order valence-corrected chi connectivity index (χ0v) is 24.4. The molecule has 0 bridgehead atoms. The number of hydrogen-bond donors (Lipinski definition) is 2. The fourth-order valence-corrected chi connectivity index (χ4v) is 5.34. The van der Waals surface area contributed by atoms with E-state index in [-0.39, 0.29) is 40.5 Å². The third-order valence-corrected chi connectivity index (χ3v) is 12.3. The molecule has 0 saturated carbocycles. The zero-order valence-electron chi connectivity index (χ0n) is 23.4. The summed E-state index contributed by atoms with van der Waals surface area (Å²) in [7, 11) is -1.89. The third kappa shape index (κ3) is 6.18. The maximum absolute atomic E-state index is 13.7. The highest BCUT2D eigenvalue weighted by molar-refractivity contribution is 6.74. The number of aryl methyl sites for hydroxylation is 1.